The van der Waals surface area contributed by atoms with Gasteiger partial charge in [0.1, 0.15) is 11.2 Å². The summed E-state index contributed by atoms with van der Waals surface area (Å²) < 4.78 is 10.2. The van der Waals surface area contributed by atoms with Crippen molar-refractivity contribution < 1.29 is 13.9 Å². The first-order valence-electron chi connectivity index (χ1n) is 5.81. The highest BCUT2D eigenvalue weighted by Crippen LogP contribution is 2.25. The number of hydrogen-bond acceptors (Lipinski definition) is 6. The van der Waals surface area contributed by atoms with Gasteiger partial charge >= 0.3 is 5.97 Å². The maximum absolute atomic E-state index is 11.5. The summed E-state index contributed by atoms with van der Waals surface area (Å²) in [5.74, 6) is -0.106. The normalized spacial score (nSPS) is 10.8. The van der Waals surface area contributed by atoms with E-state index < -0.39 is 5.97 Å². The van der Waals surface area contributed by atoms with Gasteiger partial charge in [-0.1, -0.05) is 0 Å². The second kappa shape index (κ2) is 4.34. The Balaban J connectivity index is 2.29. The van der Waals surface area contributed by atoms with Crippen LogP contribution in [0.15, 0.2) is 39.5 Å². The maximum Gasteiger partial charge on any atom is 0.337 e. The quantitative estimate of drug-likeness (QED) is 0.410. The standard InChI is InChI=1S/C14H10N2O4/c1-19-14(18)7-2-3-12-9(4-7)16-10-5-8(15)11(17)6-13(10)20-12/h2-6H,15H2,1H3. The molecule has 0 saturated heterocycles. The molecule has 6 nitrogen and oxygen atoms in total. The second-order valence-electron chi connectivity index (χ2n) is 4.25. The van der Waals surface area contributed by atoms with Gasteiger partial charge in [0.15, 0.2) is 11.3 Å². The Morgan fingerprint density at radius 2 is 2.10 bits per heavy atom. The number of nitrogens with two attached hydrogens (primary N) is 1. The molecule has 2 N–H and O–H groups in total. The first kappa shape index (κ1) is 12.2. The monoisotopic (exact) mass is 270 g/mol. The number of methoxy groups -OCH3 is 1. The largest absolute Gasteiger partial charge is 0.465 e. The average molecular weight is 270 g/mol. The first-order chi connectivity index (χ1) is 9.58. The lowest BCUT2D eigenvalue weighted by atomic mass is 10.1. The van der Waals surface area contributed by atoms with E-state index in [1.54, 1.807) is 18.2 Å². The molecule has 0 spiro atoms. The fourth-order valence-corrected chi connectivity index (χ4v) is 1.92. The van der Waals surface area contributed by atoms with E-state index in [1.807, 2.05) is 0 Å². The Kier molecular flexibility index (Phi) is 2.64. The molecule has 0 radical (unpaired) electrons. The van der Waals surface area contributed by atoms with Gasteiger partial charge in [0, 0.05) is 6.07 Å². The number of ether oxygens (including phenoxy) is 1. The third kappa shape index (κ3) is 1.87. The van der Waals surface area contributed by atoms with E-state index in [0.29, 0.717) is 28.1 Å². The predicted octanol–water partition coefficient (Wildman–Crippen LogP) is 1.66. The summed E-state index contributed by atoms with van der Waals surface area (Å²) in [6.45, 7) is 0. The SMILES string of the molecule is COC(=O)c1ccc2oc3cc(=O)c(N)cc-3nc2c1. The number of nitrogens with zero attached hydrogens (tertiary/aromatic N) is 1. The lowest BCUT2D eigenvalue weighted by molar-refractivity contribution is 0.0601. The molecular weight excluding hydrogens is 260 g/mol. The third-order valence-corrected chi connectivity index (χ3v) is 2.93. The molecule has 0 fully saturated rings. The molecule has 0 atom stereocenters. The van der Waals surface area contributed by atoms with Crippen LogP contribution in [0.3, 0.4) is 0 Å². The van der Waals surface area contributed by atoms with Crippen molar-refractivity contribution in [3.8, 4) is 11.5 Å². The van der Waals surface area contributed by atoms with Gasteiger partial charge in [0.25, 0.3) is 0 Å². The summed E-state index contributed by atoms with van der Waals surface area (Å²) in [6.07, 6.45) is 0. The number of esters is 1. The summed E-state index contributed by atoms with van der Waals surface area (Å²) in [7, 11) is 1.31. The number of hydrogen-bond donors (Lipinski definition) is 1. The van der Waals surface area contributed by atoms with Gasteiger partial charge in [0.2, 0.25) is 5.43 Å². The second-order valence-corrected chi connectivity index (χ2v) is 4.25. The van der Waals surface area contributed by atoms with Crippen LogP contribution in [0.5, 0.6) is 0 Å². The summed E-state index contributed by atoms with van der Waals surface area (Å²) in [6, 6.07) is 7.48. The van der Waals surface area contributed by atoms with Gasteiger partial charge in [-0.15, -0.1) is 0 Å². The predicted molar refractivity (Wildman–Crippen MR) is 72.7 cm³/mol. The van der Waals surface area contributed by atoms with Gasteiger partial charge in [-0.05, 0) is 24.3 Å². The number of carbonyl (C=O) groups excluding carboxylic acids is 1. The molecule has 0 aromatic heterocycles. The van der Waals surface area contributed by atoms with Crippen LogP contribution in [0, 0.1) is 0 Å². The summed E-state index contributed by atoms with van der Waals surface area (Å²) in [5, 5.41) is 0. The number of nitrogen functional groups attached to an aromatic ring is 1. The van der Waals surface area contributed by atoms with Crippen molar-refractivity contribution in [2.45, 2.75) is 0 Å². The van der Waals surface area contributed by atoms with Gasteiger partial charge < -0.3 is 14.9 Å². The van der Waals surface area contributed by atoms with E-state index in [4.69, 9.17) is 10.2 Å². The van der Waals surface area contributed by atoms with E-state index in [-0.39, 0.29) is 11.1 Å². The molecular formula is C14H10N2O4. The Morgan fingerprint density at radius 1 is 1.30 bits per heavy atom. The van der Waals surface area contributed by atoms with Crippen LogP contribution in [-0.2, 0) is 4.74 Å². The molecule has 1 aliphatic heterocycles. The Morgan fingerprint density at radius 3 is 2.85 bits per heavy atom. The van der Waals surface area contributed by atoms with E-state index in [9.17, 15) is 9.59 Å². The molecule has 1 aromatic carbocycles. The minimum absolute atomic E-state index is 0.101. The zero-order chi connectivity index (χ0) is 14.3. The molecule has 1 heterocycles. The van der Waals surface area contributed by atoms with Crippen LogP contribution >= 0.6 is 0 Å². The minimum atomic E-state index is -0.455. The number of aromatic nitrogens is 1. The molecule has 100 valence electrons. The van der Waals surface area contributed by atoms with Crippen LogP contribution < -0.4 is 11.2 Å². The van der Waals surface area contributed by atoms with Crippen molar-refractivity contribution in [1.29, 1.82) is 0 Å². The van der Waals surface area contributed by atoms with E-state index in [1.165, 1.54) is 19.2 Å². The molecule has 0 amide bonds. The van der Waals surface area contributed by atoms with Crippen LogP contribution in [0.1, 0.15) is 10.4 Å². The van der Waals surface area contributed by atoms with Crippen molar-refractivity contribution in [3.05, 3.63) is 46.1 Å². The Bertz CT molecular complexity index is 854. The van der Waals surface area contributed by atoms with Crippen molar-refractivity contribution >= 4 is 22.8 Å². The zero-order valence-electron chi connectivity index (χ0n) is 10.5. The highest BCUT2D eigenvalue weighted by atomic mass is 16.5. The lowest BCUT2D eigenvalue weighted by Gasteiger charge is -2.07. The van der Waals surface area contributed by atoms with E-state index in [0.717, 1.165) is 0 Å². The summed E-state index contributed by atoms with van der Waals surface area (Å²) in [4.78, 5) is 27.3. The summed E-state index contributed by atoms with van der Waals surface area (Å²) in [5.41, 5.74) is 7.13. The minimum Gasteiger partial charge on any atom is -0.465 e. The highest BCUT2D eigenvalue weighted by Gasteiger charge is 2.13. The van der Waals surface area contributed by atoms with Gasteiger partial charge in [-0.2, -0.15) is 0 Å². The molecule has 0 saturated carbocycles. The third-order valence-electron chi connectivity index (χ3n) is 2.93. The molecule has 3 rings (SSSR count). The molecule has 2 aliphatic rings. The van der Waals surface area contributed by atoms with E-state index in [2.05, 4.69) is 9.72 Å². The smallest absolute Gasteiger partial charge is 0.337 e. The maximum atomic E-state index is 11.5. The number of benzene rings is 2. The fourth-order valence-electron chi connectivity index (χ4n) is 1.92. The van der Waals surface area contributed by atoms with Crippen molar-refractivity contribution in [2.75, 3.05) is 12.8 Å². The molecule has 20 heavy (non-hydrogen) atoms. The summed E-state index contributed by atoms with van der Waals surface area (Å²) >= 11 is 0. The van der Waals surface area contributed by atoms with Crippen molar-refractivity contribution in [1.82, 2.24) is 4.98 Å². The first-order valence-corrected chi connectivity index (χ1v) is 5.81. The molecule has 6 heteroatoms. The van der Waals surface area contributed by atoms with Crippen molar-refractivity contribution in [3.63, 3.8) is 0 Å². The van der Waals surface area contributed by atoms with Crippen LogP contribution in [0.2, 0.25) is 0 Å². The Labute approximate surface area is 113 Å². The van der Waals surface area contributed by atoms with Gasteiger partial charge in [-0.25, -0.2) is 9.78 Å². The molecule has 1 aromatic rings. The molecule has 1 aliphatic carbocycles. The van der Waals surface area contributed by atoms with Crippen LogP contribution in [0.25, 0.3) is 22.6 Å². The topological polar surface area (TPSA) is 95.4 Å². The number of fused-ring (bicyclic) bond motifs is 2. The number of rotatable bonds is 1. The van der Waals surface area contributed by atoms with Crippen LogP contribution in [0.4, 0.5) is 5.69 Å². The lowest BCUT2D eigenvalue weighted by Crippen LogP contribution is -2.08. The zero-order valence-corrected chi connectivity index (χ0v) is 10.5. The van der Waals surface area contributed by atoms with E-state index >= 15 is 0 Å². The number of carbonyl (C=O) groups is 1. The number of anilines is 1. The van der Waals surface area contributed by atoms with Gasteiger partial charge in [-0.3, -0.25) is 4.79 Å². The fraction of sp³-hybridized carbons (Fsp3) is 0.0714. The Hall–Kier alpha value is -2.89. The average Bonchev–Trinajstić information content (AvgIpc) is 2.45. The van der Waals surface area contributed by atoms with Gasteiger partial charge in [0.05, 0.1) is 18.4 Å². The van der Waals surface area contributed by atoms with Crippen LogP contribution in [-0.4, -0.2) is 18.1 Å². The van der Waals surface area contributed by atoms with Crippen molar-refractivity contribution in [2.24, 2.45) is 0 Å². The molecule has 0 bridgehead atoms. The highest BCUT2D eigenvalue weighted by molar-refractivity contribution is 5.93. The molecule has 0 unspecified atom stereocenters.